The van der Waals surface area contributed by atoms with Crippen molar-refractivity contribution in [3.63, 3.8) is 0 Å². The van der Waals surface area contributed by atoms with Gasteiger partial charge in [0, 0.05) is 25.0 Å². The van der Waals surface area contributed by atoms with Crippen molar-refractivity contribution < 1.29 is 0 Å². The zero-order valence-corrected chi connectivity index (χ0v) is 8.94. The number of aryl methyl sites for hydroxylation is 2. The first kappa shape index (κ1) is 9.71. The zero-order valence-electron chi connectivity index (χ0n) is 8.94. The van der Waals surface area contributed by atoms with E-state index in [1.165, 1.54) is 0 Å². The Labute approximate surface area is 89.0 Å². The number of anilines is 1. The third-order valence-corrected chi connectivity index (χ3v) is 2.29. The van der Waals surface area contributed by atoms with E-state index in [4.69, 9.17) is 0 Å². The molecule has 0 bridgehead atoms. The third kappa shape index (κ3) is 2.34. The molecule has 0 aliphatic carbocycles. The number of pyridine rings is 1. The number of nitrogens with zero attached hydrogens (tertiary/aromatic N) is 3. The highest BCUT2D eigenvalue weighted by molar-refractivity contribution is 5.35. The lowest BCUT2D eigenvalue weighted by molar-refractivity contribution is 0.740. The van der Waals surface area contributed by atoms with E-state index in [1.54, 1.807) is 6.20 Å². The van der Waals surface area contributed by atoms with Gasteiger partial charge in [-0.05, 0) is 19.1 Å². The maximum absolute atomic E-state index is 4.30. The van der Waals surface area contributed by atoms with Crippen LogP contribution in [0.15, 0.2) is 30.5 Å². The van der Waals surface area contributed by atoms with E-state index in [0.29, 0.717) is 6.54 Å². The molecule has 0 aromatic carbocycles. The van der Waals surface area contributed by atoms with Crippen LogP contribution in [0.1, 0.15) is 11.4 Å². The summed E-state index contributed by atoms with van der Waals surface area (Å²) in [6.45, 7) is 2.73. The van der Waals surface area contributed by atoms with Gasteiger partial charge in [-0.2, -0.15) is 5.10 Å². The van der Waals surface area contributed by atoms with Gasteiger partial charge in [0.1, 0.15) is 5.82 Å². The van der Waals surface area contributed by atoms with Crippen LogP contribution in [-0.4, -0.2) is 14.8 Å². The van der Waals surface area contributed by atoms with Crippen molar-refractivity contribution in [3.05, 3.63) is 41.9 Å². The molecule has 2 rings (SSSR count). The first-order valence-electron chi connectivity index (χ1n) is 4.90. The molecule has 0 aliphatic rings. The monoisotopic (exact) mass is 202 g/mol. The highest BCUT2D eigenvalue weighted by atomic mass is 15.3. The Balaban J connectivity index is 1.99. The molecule has 0 spiro atoms. The maximum atomic E-state index is 4.30. The number of hydrogen-bond acceptors (Lipinski definition) is 3. The quantitative estimate of drug-likeness (QED) is 0.824. The van der Waals surface area contributed by atoms with Gasteiger partial charge in [0.05, 0.1) is 12.2 Å². The van der Waals surface area contributed by atoms with Crippen LogP contribution in [-0.2, 0) is 13.6 Å². The van der Waals surface area contributed by atoms with Crippen LogP contribution in [0.3, 0.4) is 0 Å². The number of aromatic nitrogens is 3. The summed E-state index contributed by atoms with van der Waals surface area (Å²) in [4.78, 5) is 4.23. The molecule has 0 amide bonds. The smallest absolute Gasteiger partial charge is 0.148 e. The second-order valence-electron chi connectivity index (χ2n) is 3.47. The molecule has 2 aromatic heterocycles. The van der Waals surface area contributed by atoms with Gasteiger partial charge in [0.25, 0.3) is 0 Å². The molecule has 0 saturated carbocycles. The topological polar surface area (TPSA) is 42.7 Å². The molecule has 0 aliphatic heterocycles. The summed E-state index contributed by atoms with van der Waals surface area (Å²) in [5.41, 5.74) is 2.15. The molecule has 0 fully saturated rings. The Morgan fingerprint density at radius 2 is 2.27 bits per heavy atom. The number of rotatable bonds is 3. The fourth-order valence-electron chi connectivity index (χ4n) is 1.33. The maximum Gasteiger partial charge on any atom is 0.148 e. The molecule has 1 N–H and O–H groups in total. The zero-order chi connectivity index (χ0) is 10.7. The van der Waals surface area contributed by atoms with Crippen LogP contribution >= 0.6 is 0 Å². The van der Waals surface area contributed by atoms with Gasteiger partial charge in [0.15, 0.2) is 0 Å². The lowest BCUT2D eigenvalue weighted by Gasteiger charge is -2.01. The van der Waals surface area contributed by atoms with Crippen molar-refractivity contribution in [1.82, 2.24) is 14.8 Å². The molecule has 4 nitrogen and oxygen atoms in total. The lowest BCUT2D eigenvalue weighted by Crippen LogP contribution is -2.02. The highest BCUT2D eigenvalue weighted by Gasteiger charge is 2.00. The molecular weight excluding hydrogens is 188 g/mol. The highest BCUT2D eigenvalue weighted by Crippen LogP contribution is 2.07. The van der Waals surface area contributed by atoms with E-state index >= 15 is 0 Å². The molecule has 0 saturated heterocycles. The second-order valence-corrected chi connectivity index (χ2v) is 3.47. The predicted octanol–water partition coefficient (Wildman–Crippen LogP) is 1.74. The van der Waals surface area contributed by atoms with Gasteiger partial charge in [-0.3, -0.25) is 9.67 Å². The van der Waals surface area contributed by atoms with Gasteiger partial charge in [-0.25, -0.2) is 0 Å². The SMILES string of the molecule is Cc1cc(NCc2ccccn2)nn1C. The summed E-state index contributed by atoms with van der Waals surface area (Å²) in [5, 5.41) is 7.53. The van der Waals surface area contributed by atoms with Crippen LogP contribution in [0.2, 0.25) is 0 Å². The summed E-state index contributed by atoms with van der Waals surface area (Å²) in [6.07, 6.45) is 1.79. The minimum atomic E-state index is 0.706. The molecule has 15 heavy (non-hydrogen) atoms. The van der Waals surface area contributed by atoms with Crippen molar-refractivity contribution in [2.24, 2.45) is 7.05 Å². The standard InChI is InChI=1S/C11H14N4/c1-9-7-11(14-15(9)2)13-8-10-5-3-4-6-12-10/h3-7H,8H2,1-2H3,(H,13,14). The molecular formula is C11H14N4. The van der Waals surface area contributed by atoms with Crippen LogP contribution in [0, 0.1) is 6.92 Å². The van der Waals surface area contributed by atoms with E-state index < -0.39 is 0 Å². The summed E-state index contributed by atoms with van der Waals surface area (Å²) >= 11 is 0. The lowest BCUT2D eigenvalue weighted by atomic mass is 10.3. The summed E-state index contributed by atoms with van der Waals surface area (Å²) in [5.74, 6) is 0.889. The molecule has 2 aromatic rings. The van der Waals surface area contributed by atoms with Crippen molar-refractivity contribution in [2.75, 3.05) is 5.32 Å². The summed E-state index contributed by atoms with van der Waals surface area (Å²) < 4.78 is 1.85. The first-order valence-corrected chi connectivity index (χ1v) is 4.90. The van der Waals surface area contributed by atoms with Crippen molar-refractivity contribution >= 4 is 5.82 Å². The largest absolute Gasteiger partial charge is 0.363 e. The van der Waals surface area contributed by atoms with Gasteiger partial charge in [0.2, 0.25) is 0 Å². The van der Waals surface area contributed by atoms with Crippen molar-refractivity contribution in [3.8, 4) is 0 Å². The number of hydrogen-bond donors (Lipinski definition) is 1. The predicted molar refractivity (Wildman–Crippen MR) is 59.5 cm³/mol. The minimum absolute atomic E-state index is 0.706. The van der Waals surface area contributed by atoms with E-state index in [2.05, 4.69) is 15.4 Å². The van der Waals surface area contributed by atoms with E-state index in [9.17, 15) is 0 Å². The van der Waals surface area contributed by atoms with Crippen LogP contribution in [0.5, 0.6) is 0 Å². The molecule has 0 radical (unpaired) electrons. The average molecular weight is 202 g/mol. The Morgan fingerprint density at radius 3 is 2.87 bits per heavy atom. The summed E-state index contributed by atoms with van der Waals surface area (Å²) in [7, 11) is 1.93. The van der Waals surface area contributed by atoms with Crippen molar-refractivity contribution in [2.45, 2.75) is 13.5 Å². The summed E-state index contributed by atoms with van der Waals surface area (Å²) in [6, 6.07) is 7.90. The minimum Gasteiger partial charge on any atom is -0.363 e. The fourth-order valence-corrected chi connectivity index (χ4v) is 1.33. The van der Waals surface area contributed by atoms with Gasteiger partial charge in [-0.15, -0.1) is 0 Å². The molecule has 78 valence electrons. The molecule has 2 heterocycles. The average Bonchev–Trinajstić information content (AvgIpc) is 2.57. The van der Waals surface area contributed by atoms with E-state index in [0.717, 1.165) is 17.2 Å². The first-order chi connectivity index (χ1) is 7.25. The molecule has 0 unspecified atom stereocenters. The van der Waals surface area contributed by atoms with Gasteiger partial charge in [-0.1, -0.05) is 6.07 Å². The Hall–Kier alpha value is -1.84. The third-order valence-electron chi connectivity index (χ3n) is 2.29. The molecule has 4 heteroatoms. The van der Waals surface area contributed by atoms with Crippen molar-refractivity contribution in [1.29, 1.82) is 0 Å². The Morgan fingerprint density at radius 1 is 1.40 bits per heavy atom. The Bertz CT molecular complexity index is 414. The second kappa shape index (κ2) is 4.13. The van der Waals surface area contributed by atoms with Gasteiger partial charge < -0.3 is 5.32 Å². The fraction of sp³-hybridized carbons (Fsp3) is 0.273. The van der Waals surface area contributed by atoms with Gasteiger partial charge >= 0.3 is 0 Å². The molecule has 0 atom stereocenters. The van der Waals surface area contributed by atoms with Crippen LogP contribution in [0.4, 0.5) is 5.82 Å². The van der Waals surface area contributed by atoms with E-state index in [1.807, 2.05) is 42.9 Å². The normalized spacial score (nSPS) is 10.3. The number of nitrogens with one attached hydrogen (secondary N) is 1. The van der Waals surface area contributed by atoms with Crippen LogP contribution in [0.25, 0.3) is 0 Å². The van der Waals surface area contributed by atoms with E-state index in [-0.39, 0.29) is 0 Å². The Kier molecular flexibility index (Phi) is 2.67. The van der Waals surface area contributed by atoms with Crippen LogP contribution < -0.4 is 5.32 Å².